The summed E-state index contributed by atoms with van der Waals surface area (Å²) in [6.07, 6.45) is 5.48. The molecule has 242 valence electrons. The second-order valence-electron chi connectivity index (χ2n) is 11.5. The van der Waals surface area contributed by atoms with Gasteiger partial charge in [-0.25, -0.2) is 0 Å². The number of ether oxygens (including phenoxy) is 3. The number of rotatable bonds is 8. The predicted molar refractivity (Wildman–Crippen MR) is 169 cm³/mol. The molecular weight excluding hydrogens is 592 g/mol. The Kier molecular flexibility index (Phi) is 10.4. The van der Waals surface area contributed by atoms with E-state index in [1.54, 1.807) is 36.4 Å². The van der Waals surface area contributed by atoms with Gasteiger partial charge in [-0.2, -0.15) is 0 Å². The third-order valence-corrected chi connectivity index (χ3v) is 8.31. The first-order valence-electron chi connectivity index (χ1n) is 15.4. The zero-order chi connectivity index (χ0) is 32.6. The first kappa shape index (κ1) is 32.3. The van der Waals surface area contributed by atoms with Gasteiger partial charge in [-0.3, -0.25) is 24.5 Å². The minimum absolute atomic E-state index is 0.0334. The van der Waals surface area contributed by atoms with Crippen LogP contribution in [0.5, 0.6) is 23.0 Å². The van der Waals surface area contributed by atoms with Crippen molar-refractivity contribution in [2.45, 2.75) is 57.0 Å². The standard InChI is InChI=1S/C34H38N4O8/c1-44-29-14-11-22(19-31(29)45-2)15-16-37-21-32(39)36-27(33(40)35-25-8-4-3-5-9-25)18-23-7-6-10-26(17-23)46-30-20-24(34(37)41)12-13-28(30)38(42)43/h6-7,10-14,17,19-20,25,27H,3-5,8-9,15-16,18,21H2,1-2H3,(H,35,40)(H,36,39)/t27-/m0/s1. The first-order chi connectivity index (χ1) is 22.2. The number of hydrogen-bond donors (Lipinski definition) is 2. The molecule has 4 bridgehead atoms. The van der Waals surface area contributed by atoms with Crippen molar-refractivity contribution in [3.8, 4) is 23.0 Å². The lowest BCUT2D eigenvalue weighted by molar-refractivity contribution is -0.385. The highest BCUT2D eigenvalue weighted by Crippen LogP contribution is 2.34. The lowest BCUT2D eigenvalue weighted by Gasteiger charge is -2.28. The molecule has 1 atom stereocenters. The van der Waals surface area contributed by atoms with Crippen molar-refractivity contribution in [1.82, 2.24) is 15.5 Å². The van der Waals surface area contributed by atoms with Gasteiger partial charge in [0.05, 0.1) is 25.7 Å². The minimum Gasteiger partial charge on any atom is -0.493 e. The van der Waals surface area contributed by atoms with Gasteiger partial charge in [0.15, 0.2) is 11.5 Å². The molecule has 0 spiro atoms. The molecule has 0 unspecified atom stereocenters. The molecule has 3 aromatic rings. The normalized spacial score (nSPS) is 17.3. The topological polar surface area (TPSA) is 149 Å². The molecule has 46 heavy (non-hydrogen) atoms. The van der Waals surface area contributed by atoms with Crippen molar-refractivity contribution in [2.24, 2.45) is 0 Å². The number of methoxy groups -OCH3 is 2. The van der Waals surface area contributed by atoms with Gasteiger partial charge in [0.2, 0.25) is 17.6 Å². The maximum Gasteiger partial charge on any atom is 0.311 e. The second-order valence-corrected chi connectivity index (χ2v) is 11.5. The van der Waals surface area contributed by atoms with Crippen molar-refractivity contribution < 1.29 is 33.5 Å². The molecule has 1 heterocycles. The number of nitro groups is 1. The highest BCUT2D eigenvalue weighted by atomic mass is 16.6. The maximum atomic E-state index is 13.9. The summed E-state index contributed by atoms with van der Waals surface area (Å²) in [6, 6.07) is 15.2. The summed E-state index contributed by atoms with van der Waals surface area (Å²) in [7, 11) is 3.07. The van der Waals surface area contributed by atoms with Gasteiger partial charge in [-0.1, -0.05) is 37.5 Å². The van der Waals surface area contributed by atoms with E-state index in [1.807, 2.05) is 6.07 Å². The third-order valence-electron chi connectivity index (χ3n) is 8.31. The third kappa shape index (κ3) is 7.92. The molecule has 2 N–H and O–H groups in total. The number of carbonyl (C=O) groups excluding carboxylic acids is 3. The fraction of sp³-hybridized carbons (Fsp3) is 0.382. The highest BCUT2D eigenvalue weighted by Gasteiger charge is 2.28. The zero-order valence-electron chi connectivity index (χ0n) is 26.0. The SMILES string of the molecule is COc1ccc(CCN2CC(=O)N[C@H](C(=O)NC3CCCCC3)Cc3cccc(c3)Oc3cc(ccc3[N+](=O)[O-])C2=O)cc1OC. The lowest BCUT2D eigenvalue weighted by Crippen LogP contribution is -2.53. The average Bonchev–Trinajstić information content (AvgIpc) is 3.06. The number of carbonyl (C=O) groups is 3. The summed E-state index contributed by atoms with van der Waals surface area (Å²) < 4.78 is 16.7. The summed E-state index contributed by atoms with van der Waals surface area (Å²) in [5, 5.41) is 17.8. The summed E-state index contributed by atoms with van der Waals surface area (Å²) in [5.41, 5.74) is 1.33. The van der Waals surface area contributed by atoms with Crippen LogP contribution in [0.15, 0.2) is 60.7 Å². The van der Waals surface area contributed by atoms with E-state index in [4.69, 9.17) is 14.2 Å². The Bertz CT molecular complexity index is 1600. The molecule has 3 aromatic carbocycles. The Balaban J connectivity index is 1.48. The van der Waals surface area contributed by atoms with E-state index in [1.165, 1.54) is 37.3 Å². The summed E-state index contributed by atoms with van der Waals surface area (Å²) >= 11 is 0. The summed E-state index contributed by atoms with van der Waals surface area (Å²) in [6.45, 7) is -0.209. The molecular formula is C34H38N4O8. The van der Waals surface area contributed by atoms with Gasteiger partial charge in [0.25, 0.3) is 5.91 Å². The van der Waals surface area contributed by atoms with E-state index in [9.17, 15) is 24.5 Å². The Morgan fingerprint density at radius 2 is 1.80 bits per heavy atom. The predicted octanol–water partition coefficient (Wildman–Crippen LogP) is 4.58. The van der Waals surface area contributed by atoms with E-state index >= 15 is 0 Å². The van der Waals surface area contributed by atoms with Crippen molar-refractivity contribution in [2.75, 3.05) is 27.3 Å². The van der Waals surface area contributed by atoms with E-state index in [0.717, 1.165) is 37.7 Å². The molecule has 0 aromatic heterocycles. The van der Waals surface area contributed by atoms with Crippen molar-refractivity contribution >= 4 is 23.4 Å². The highest BCUT2D eigenvalue weighted by molar-refractivity contribution is 5.98. The van der Waals surface area contributed by atoms with Crippen LogP contribution in [0.4, 0.5) is 5.69 Å². The van der Waals surface area contributed by atoms with E-state index in [0.29, 0.717) is 29.2 Å². The van der Waals surface area contributed by atoms with Gasteiger partial charge >= 0.3 is 5.69 Å². The number of nitrogens with one attached hydrogen (secondary N) is 2. The molecule has 1 fully saturated rings. The fourth-order valence-corrected chi connectivity index (χ4v) is 5.88. The maximum absolute atomic E-state index is 13.9. The van der Waals surface area contributed by atoms with Crippen LogP contribution < -0.4 is 24.8 Å². The molecule has 1 saturated carbocycles. The molecule has 1 aliphatic carbocycles. The Morgan fingerprint density at radius 3 is 2.54 bits per heavy atom. The Labute approximate surface area is 267 Å². The second kappa shape index (κ2) is 14.8. The smallest absolute Gasteiger partial charge is 0.311 e. The van der Waals surface area contributed by atoms with Crippen LogP contribution in [0, 0.1) is 10.1 Å². The van der Waals surface area contributed by atoms with Crippen LogP contribution in [-0.2, 0) is 22.4 Å². The minimum atomic E-state index is -0.914. The molecule has 0 saturated heterocycles. The lowest BCUT2D eigenvalue weighted by atomic mass is 9.95. The monoisotopic (exact) mass is 630 g/mol. The first-order valence-corrected chi connectivity index (χ1v) is 15.4. The number of fused-ring (bicyclic) bond motifs is 4. The molecule has 0 radical (unpaired) electrons. The van der Waals surface area contributed by atoms with Crippen LogP contribution in [0.25, 0.3) is 0 Å². The molecule has 12 heteroatoms. The Hall–Kier alpha value is -5.13. The van der Waals surface area contributed by atoms with Crippen LogP contribution >= 0.6 is 0 Å². The van der Waals surface area contributed by atoms with Crippen LogP contribution in [0.1, 0.15) is 53.6 Å². The van der Waals surface area contributed by atoms with Gasteiger partial charge in [-0.05, 0) is 60.7 Å². The molecule has 2 aliphatic rings. The average molecular weight is 631 g/mol. The van der Waals surface area contributed by atoms with Gasteiger partial charge < -0.3 is 29.7 Å². The molecule has 12 nitrogen and oxygen atoms in total. The quantitative estimate of drug-likeness (QED) is 0.271. The summed E-state index contributed by atoms with van der Waals surface area (Å²) in [5.74, 6) is -0.0625. The molecule has 1 aliphatic heterocycles. The van der Waals surface area contributed by atoms with Crippen LogP contribution in [-0.4, -0.2) is 66.9 Å². The van der Waals surface area contributed by atoms with E-state index < -0.39 is 22.8 Å². The van der Waals surface area contributed by atoms with Crippen molar-refractivity contribution in [3.63, 3.8) is 0 Å². The number of nitrogens with zero attached hydrogens (tertiary/aromatic N) is 2. The van der Waals surface area contributed by atoms with Gasteiger partial charge in [-0.15, -0.1) is 0 Å². The summed E-state index contributed by atoms with van der Waals surface area (Å²) in [4.78, 5) is 53.6. The van der Waals surface area contributed by atoms with Gasteiger partial charge in [0.1, 0.15) is 11.8 Å². The zero-order valence-corrected chi connectivity index (χ0v) is 26.0. The van der Waals surface area contributed by atoms with Gasteiger partial charge in [0, 0.05) is 36.7 Å². The molecule has 3 amide bonds. The van der Waals surface area contributed by atoms with Crippen molar-refractivity contribution in [1.29, 1.82) is 0 Å². The number of amides is 3. The van der Waals surface area contributed by atoms with Crippen LogP contribution in [0.3, 0.4) is 0 Å². The van der Waals surface area contributed by atoms with Crippen LogP contribution in [0.2, 0.25) is 0 Å². The number of nitro benzene ring substituents is 1. The van der Waals surface area contributed by atoms with E-state index in [2.05, 4.69) is 10.6 Å². The number of benzene rings is 3. The van der Waals surface area contributed by atoms with E-state index in [-0.39, 0.29) is 48.5 Å². The molecule has 5 rings (SSSR count). The number of hydrogen-bond acceptors (Lipinski definition) is 8. The largest absolute Gasteiger partial charge is 0.493 e. The fourth-order valence-electron chi connectivity index (χ4n) is 5.88. The van der Waals surface area contributed by atoms with Crippen molar-refractivity contribution in [3.05, 3.63) is 87.5 Å². The Morgan fingerprint density at radius 1 is 1.02 bits per heavy atom.